The number of carbonyl (C=O) groups is 2. The highest BCUT2D eigenvalue weighted by Crippen LogP contribution is 2.52. The van der Waals surface area contributed by atoms with E-state index in [9.17, 15) is 9.59 Å². The molecule has 0 spiro atoms. The highest BCUT2D eigenvalue weighted by Gasteiger charge is 2.59. The van der Waals surface area contributed by atoms with E-state index in [4.69, 9.17) is 4.37 Å². The van der Waals surface area contributed by atoms with Gasteiger partial charge in [-0.05, 0) is 66.6 Å². The van der Waals surface area contributed by atoms with Crippen molar-refractivity contribution in [1.29, 1.82) is 0 Å². The molecule has 7 heteroatoms. The predicted octanol–water partition coefficient (Wildman–Crippen LogP) is 4.03. The zero-order valence-electron chi connectivity index (χ0n) is 20.2. The van der Waals surface area contributed by atoms with Crippen molar-refractivity contribution in [3.8, 4) is 0 Å². The summed E-state index contributed by atoms with van der Waals surface area (Å²) in [6, 6.07) is 8.52. The van der Waals surface area contributed by atoms with E-state index in [1.165, 1.54) is 29.3 Å². The highest BCUT2D eigenvalue weighted by atomic mass is 32.1. The molecule has 1 aromatic heterocycles. The van der Waals surface area contributed by atoms with Crippen LogP contribution in [0.2, 0.25) is 0 Å². The molecule has 184 valence electrons. The number of carbonyl (C=O) groups excluding carboxylic acids is 2. The van der Waals surface area contributed by atoms with Crippen LogP contribution in [0.5, 0.6) is 0 Å². The van der Waals surface area contributed by atoms with Gasteiger partial charge in [0.15, 0.2) is 0 Å². The number of nitrogens with zero attached hydrogens (tertiary/aromatic N) is 4. The summed E-state index contributed by atoms with van der Waals surface area (Å²) in [7, 11) is 0. The second-order valence-electron chi connectivity index (χ2n) is 11.4. The minimum Gasteiger partial charge on any atom is -0.353 e. The second kappa shape index (κ2) is 8.70. The van der Waals surface area contributed by atoms with Gasteiger partial charge in [0.25, 0.3) is 0 Å². The summed E-state index contributed by atoms with van der Waals surface area (Å²) in [4.78, 5) is 33.2. The van der Waals surface area contributed by atoms with E-state index in [0.717, 1.165) is 51.4 Å². The summed E-state index contributed by atoms with van der Waals surface area (Å²) in [5, 5.41) is 1.27. The van der Waals surface area contributed by atoms with Gasteiger partial charge >= 0.3 is 0 Å². The standard InChI is InChI=1S/C28H34N4O2S/c33-27-24-18-9-10-19(15-18)25(24)28(34)32(27)17-21-6-2-1-5-20(21)16-30-11-13-31(14-12-30)26-22-7-3-4-8-23(22)35-29-26/h3-4,7-10,18-21,24-25H,1-2,5-6,11-17H2/t18-,19+,20-,21-,24+,25+/m0/s1. The van der Waals surface area contributed by atoms with Crippen LogP contribution in [0.3, 0.4) is 0 Å². The highest BCUT2D eigenvalue weighted by molar-refractivity contribution is 7.13. The number of likely N-dealkylation sites (tertiary alicyclic amines) is 1. The number of imide groups is 1. The third-order valence-corrected chi connectivity index (χ3v) is 10.4. The molecule has 3 aliphatic carbocycles. The molecule has 5 aliphatic rings. The normalized spacial score (nSPS) is 35.0. The van der Waals surface area contributed by atoms with Crippen molar-refractivity contribution in [2.24, 2.45) is 35.5 Å². The monoisotopic (exact) mass is 490 g/mol. The summed E-state index contributed by atoms with van der Waals surface area (Å²) in [6.07, 6.45) is 10.3. The number of hydrogen-bond donors (Lipinski definition) is 0. The Morgan fingerprint density at radius 2 is 1.51 bits per heavy atom. The zero-order chi connectivity index (χ0) is 23.5. The van der Waals surface area contributed by atoms with Gasteiger partial charge in [0.1, 0.15) is 5.82 Å². The van der Waals surface area contributed by atoms with Crippen LogP contribution < -0.4 is 4.90 Å². The molecule has 2 amide bonds. The lowest BCUT2D eigenvalue weighted by atomic mass is 9.78. The lowest BCUT2D eigenvalue weighted by Crippen LogP contribution is -2.49. The first-order valence-corrected chi connectivity index (χ1v) is 14.3. The number of rotatable bonds is 5. The van der Waals surface area contributed by atoms with Crippen molar-refractivity contribution in [3.63, 3.8) is 0 Å². The lowest BCUT2D eigenvalue weighted by molar-refractivity contribution is -0.142. The van der Waals surface area contributed by atoms with Crippen LogP contribution in [-0.4, -0.2) is 65.3 Å². The van der Waals surface area contributed by atoms with E-state index >= 15 is 0 Å². The van der Waals surface area contributed by atoms with Crippen molar-refractivity contribution < 1.29 is 9.59 Å². The minimum atomic E-state index is -0.0607. The summed E-state index contributed by atoms with van der Waals surface area (Å²) in [6.45, 7) is 5.86. The largest absolute Gasteiger partial charge is 0.353 e. The number of piperazine rings is 1. The van der Waals surface area contributed by atoms with Gasteiger partial charge in [-0.2, -0.15) is 4.37 Å². The first-order valence-electron chi connectivity index (χ1n) is 13.5. The van der Waals surface area contributed by atoms with Crippen LogP contribution in [0.4, 0.5) is 5.82 Å². The molecule has 1 aromatic carbocycles. The van der Waals surface area contributed by atoms with E-state index in [1.807, 2.05) is 0 Å². The van der Waals surface area contributed by atoms with Crippen molar-refractivity contribution in [2.45, 2.75) is 32.1 Å². The molecular formula is C28H34N4O2S. The maximum absolute atomic E-state index is 13.2. The van der Waals surface area contributed by atoms with Crippen molar-refractivity contribution in [1.82, 2.24) is 14.2 Å². The van der Waals surface area contributed by atoms with Crippen molar-refractivity contribution in [3.05, 3.63) is 36.4 Å². The third kappa shape index (κ3) is 3.65. The van der Waals surface area contributed by atoms with E-state index in [1.54, 1.807) is 16.4 Å². The molecular weight excluding hydrogens is 456 g/mol. The second-order valence-corrected chi connectivity index (χ2v) is 12.2. The van der Waals surface area contributed by atoms with Gasteiger partial charge in [-0.25, -0.2) is 0 Å². The van der Waals surface area contributed by atoms with E-state index in [0.29, 0.717) is 30.2 Å². The Bertz CT molecular complexity index is 1140. The van der Waals surface area contributed by atoms with Crippen LogP contribution in [-0.2, 0) is 9.59 Å². The molecule has 2 saturated heterocycles. The van der Waals surface area contributed by atoms with E-state index < -0.39 is 0 Å². The number of anilines is 1. The number of fused-ring (bicyclic) bond motifs is 6. The summed E-state index contributed by atoms with van der Waals surface area (Å²) < 4.78 is 6.02. The number of amides is 2. The van der Waals surface area contributed by atoms with Crippen LogP contribution in [0, 0.1) is 35.5 Å². The smallest absolute Gasteiger partial charge is 0.233 e. The SMILES string of the molecule is O=C1[C@H]2[C@H](C(=O)N1C[C@@H]1CCCC[C@H]1CN1CCN(c3nsc4ccccc34)CC1)[C@H]1C=C[C@@H]2C1. The quantitative estimate of drug-likeness (QED) is 0.468. The number of allylic oxidation sites excluding steroid dienone is 2. The molecule has 2 bridgehead atoms. The average Bonchev–Trinajstić information content (AvgIpc) is 3.66. The summed E-state index contributed by atoms with van der Waals surface area (Å²) in [5.41, 5.74) is 0. The third-order valence-electron chi connectivity index (χ3n) is 9.57. The van der Waals surface area contributed by atoms with Gasteiger partial charge in [-0.3, -0.25) is 19.4 Å². The van der Waals surface area contributed by atoms with E-state index in [2.05, 4.69) is 46.2 Å². The van der Waals surface area contributed by atoms with Gasteiger partial charge in [0.05, 0.1) is 16.5 Å². The molecule has 0 radical (unpaired) electrons. The molecule has 3 heterocycles. The van der Waals surface area contributed by atoms with E-state index in [-0.39, 0.29) is 23.7 Å². The van der Waals surface area contributed by atoms with Crippen molar-refractivity contribution in [2.75, 3.05) is 44.2 Å². The number of benzene rings is 1. The lowest BCUT2D eigenvalue weighted by Gasteiger charge is -2.40. The molecule has 0 unspecified atom stereocenters. The molecule has 2 saturated carbocycles. The van der Waals surface area contributed by atoms with Crippen LogP contribution in [0.25, 0.3) is 10.1 Å². The fraction of sp³-hybridized carbons (Fsp3) is 0.607. The Kier molecular flexibility index (Phi) is 5.46. The van der Waals surface area contributed by atoms with Gasteiger partial charge in [0.2, 0.25) is 11.8 Å². The molecule has 0 N–H and O–H groups in total. The molecule has 2 aromatic rings. The first kappa shape index (κ1) is 22.0. The molecule has 4 fully saturated rings. The number of aromatic nitrogens is 1. The zero-order valence-corrected chi connectivity index (χ0v) is 21.0. The Morgan fingerprint density at radius 3 is 2.23 bits per heavy atom. The predicted molar refractivity (Wildman–Crippen MR) is 138 cm³/mol. The summed E-state index contributed by atoms with van der Waals surface area (Å²) in [5.74, 6) is 2.91. The summed E-state index contributed by atoms with van der Waals surface area (Å²) >= 11 is 1.59. The molecule has 2 aliphatic heterocycles. The molecule has 35 heavy (non-hydrogen) atoms. The average molecular weight is 491 g/mol. The fourth-order valence-corrected chi connectivity index (χ4v) is 8.51. The van der Waals surface area contributed by atoms with Crippen LogP contribution >= 0.6 is 11.5 Å². The Balaban J connectivity index is 0.987. The van der Waals surface area contributed by atoms with Crippen LogP contribution in [0.1, 0.15) is 32.1 Å². The fourth-order valence-electron chi connectivity index (χ4n) is 7.72. The topological polar surface area (TPSA) is 56.8 Å². The van der Waals surface area contributed by atoms with Crippen molar-refractivity contribution >= 4 is 39.3 Å². The van der Waals surface area contributed by atoms with Gasteiger partial charge < -0.3 is 4.90 Å². The molecule has 6 atom stereocenters. The van der Waals surface area contributed by atoms with Gasteiger partial charge in [-0.15, -0.1) is 0 Å². The Labute approximate surface area is 211 Å². The maximum atomic E-state index is 13.2. The Morgan fingerprint density at radius 1 is 0.857 bits per heavy atom. The maximum Gasteiger partial charge on any atom is 0.233 e. The molecule has 7 rings (SSSR count). The minimum absolute atomic E-state index is 0.0607. The van der Waals surface area contributed by atoms with Gasteiger partial charge in [0, 0.05) is 44.7 Å². The Hall–Kier alpha value is -2.25. The molecule has 6 nitrogen and oxygen atoms in total. The first-order chi connectivity index (χ1) is 17.2. The van der Waals surface area contributed by atoms with Crippen LogP contribution in [0.15, 0.2) is 36.4 Å². The van der Waals surface area contributed by atoms with Gasteiger partial charge in [-0.1, -0.05) is 37.1 Å². The number of hydrogen-bond acceptors (Lipinski definition) is 6.